The van der Waals surface area contributed by atoms with E-state index in [1.165, 1.54) is 11.1 Å². The van der Waals surface area contributed by atoms with E-state index in [4.69, 9.17) is 47.9 Å². The van der Waals surface area contributed by atoms with E-state index in [1.807, 2.05) is 54.1 Å². The van der Waals surface area contributed by atoms with Crippen LogP contribution in [0.2, 0.25) is 0 Å². The summed E-state index contributed by atoms with van der Waals surface area (Å²) in [6, 6.07) is 12.9. The first-order valence-corrected chi connectivity index (χ1v) is 26.6. The molecule has 7 rings (SSSR count). The van der Waals surface area contributed by atoms with Crippen molar-refractivity contribution in [1.29, 1.82) is 0 Å². The fourth-order valence-electron chi connectivity index (χ4n) is 9.20. The third-order valence-electron chi connectivity index (χ3n) is 13.7. The van der Waals surface area contributed by atoms with Crippen LogP contribution in [-0.2, 0) is 37.0 Å². The van der Waals surface area contributed by atoms with Gasteiger partial charge >= 0.3 is 0 Å². The minimum Gasteiger partial charge on any atom is -0.493 e. The molecule has 2 saturated heterocycles. The molecule has 0 saturated carbocycles. The average molecular weight is 1040 g/mol. The SMILES string of the molecule is BSC(C)(C)CN(CCN(C)c1cc(COc2cc3c(cc2OC)C(=O)N2C/C(=C/C)CC2C=N3)cc(COc2cc3c(cc2OC)C(=O)N2C/C(=C/C)C[C@H]2C=N3)c1)C(=O)CCOCCOCCOCCOC. The summed E-state index contributed by atoms with van der Waals surface area (Å²) in [5.41, 5.74) is 6.93. The molecule has 2 fully saturated rings. The molecule has 3 aromatic carbocycles. The molecule has 0 N–H and O–H groups in total. The van der Waals surface area contributed by atoms with Crippen molar-refractivity contribution in [2.24, 2.45) is 9.98 Å². The lowest BCUT2D eigenvalue weighted by Crippen LogP contribution is -2.44. The van der Waals surface area contributed by atoms with Crippen molar-refractivity contribution < 1.29 is 52.3 Å². The summed E-state index contributed by atoms with van der Waals surface area (Å²) in [7, 11) is 8.81. The summed E-state index contributed by atoms with van der Waals surface area (Å²) in [5.74, 6) is 1.55. The molecule has 3 aromatic rings. The monoisotopic (exact) mass is 1040 g/mol. The van der Waals surface area contributed by atoms with E-state index in [0.717, 1.165) is 29.7 Å². The summed E-state index contributed by atoms with van der Waals surface area (Å²) >= 11 is 1.72. The minimum atomic E-state index is -0.181. The Hall–Kier alpha value is -5.86. The van der Waals surface area contributed by atoms with Crippen LogP contribution in [0.25, 0.3) is 0 Å². The molecule has 0 spiro atoms. The number of aliphatic imine (C=N–C) groups is 2. The summed E-state index contributed by atoms with van der Waals surface area (Å²) in [5, 5.41) is 0. The van der Waals surface area contributed by atoms with Gasteiger partial charge in [0.25, 0.3) is 11.8 Å². The third-order valence-corrected chi connectivity index (χ3v) is 14.9. The number of anilines is 1. The van der Waals surface area contributed by atoms with Gasteiger partial charge in [-0.1, -0.05) is 23.3 Å². The number of ether oxygens (including phenoxy) is 8. The van der Waals surface area contributed by atoms with Gasteiger partial charge in [0, 0.05) is 81.9 Å². The van der Waals surface area contributed by atoms with Crippen LogP contribution in [0.15, 0.2) is 75.7 Å². The Kier molecular flexibility index (Phi) is 20.1. The first-order valence-electron chi connectivity index (χ1n) is 25.4. The number of hydrogen-bond acceptors (Lipinski definition) is 15. The van der Waals surface area contributed by atoms with Crippen LogP contribution < -0.4 is 23.8 Å². The van der Waals surface area contributed by atoms with Gasteiger partial charge in [0.1, 0.15) is 13.2 Å². The Morgan fingerprint density at radius 2 is 1.19 bits per heavy atom. The van der Waals surface area contributed by atoms with Crippen LogP contribution in [0.4, 0.5) is 17.1 Å². The molecule has 19 heteroatoms. The molecule has 1 unspecified atom stereocenters. The molecule has 0 radical (unpaired) electrons. The summed E-state index contributed by atoms with van der Waals surface area (Å²) < 4.78 is 46.3. The largest absolute Gasteiger partial charge is 0.493 e. The summed E-state index contributed by atoms with van der Waals surface area (Å²) in [4.78, 5) is 58.8. The first-order chi connectivity index (χ1) is 35.8. The van der Waals surface area contributed by atoms with Gasteiger partial charge in [-0.15, -0.1) is 0 Å². The highest BCUT2D eigenvalue weighted by Crippen LogP contribution is 2.41. The van der Waals surface area contributed by atoms with Gasteiger partial charge in [0.05, 0.1) is 101 Å². The zero-order chi connectivity index (χ0) is 52.8. The van der Waals surface area contributed by atoms with Crippen molar-refractivity contribution in [3.8, 4) is 23.0 Å². The van der Waals surface area contributed by atoms with Crippen LogP contribution in [0.3, 0.4) is 0 Å². The number of amides is 3. The maximum atomic E-state index is 13.8. The van der Waals surface area contributed by atoms with Crippen LogP contribution in [-0.4, -0.2) is 176 Å². The lowest BCUT2D eigenvalue weighted by atomic mass is 10.1. The molecule has 4 aliphatic rings. The Balaban J connectivity index is 1.09. The van der Waals surface area contributed by atoms with Gasteiger partial charge in [-0.25, -0.2) is 11.6 Å². The van der Waals surface area contributed by atoms with Gasteiger partial charge < -0.3 is 57.5 Å². The van der Waals surface area contributed by atoms with E-state index in [2.05, 4.69) is 50.2 Å². The first kappa shape index (κ1) is 55.9. The number of methoxy groups -OCH3 is 3. The Morgan fingerprint density at radius 3 is 1.65 bits per heavy atom. The molecule has 3 amide bonds. The summed E-state index contributed by atoms with van der Waals surface area (Å²) in [6.07, 6.45) is 9.58. The van der Waals surface area contributed by atoms with Gasteiger partial charge in [0.15, 0.2) is 30.1 Å². The highest BCUT2D eigenvalue weighted by molar-refractivity contribution is 8.20. The van der Waals surface area contributed by atoms with Crippen molar-refractivity contribution in [2.45, 2.75) is 77.0 Å². The van der Waals surface area contributed by atoms with E-state index >= 15 is 0 Å². The topological polar surface area (TPSA) is 163 Å². The number of allylic oxidation sites excluding steroid dienone is 2. The normalized spacial score (nSPS) is 18.0. The van der Waals surface area contributed by atoms with Crippen molar-refractivity contribution in [2.75, 3.05) is 112 Å². The van der Waals surface area contributed by atoms with E-state index in [-0.39, 0.29) is 60.8 Å². The minimum absolute atomic E-state index is 0.0107. The standard InChI is InChI=1S/C55H73BN6O11S/c1-9-37-22-42-30-57-46-28-50(48(67-7)26-44(46)53(64)61(42)32-37)72-34-39-21-40(35-73-51-29-47-45(27-49(51)68-8)54(65)62-33-38(10-2)23-43(62)31-58-47)25-41(24-39)59(5)12-13-60(36-55(3,4)74-56)52(63)11-14-69-17-18-71-20-19-70-16-15-66-6/h9-10,21,24-31,42-43H,11-20,22-23,32-36,56H2,1-8H3/b37-9+,38-10+/t42-,43?/m0/s1. The van der Waals surface area contributed by atoms with Gasteiger partial charge in [-0.3, -0.25) is 24.4 Å². The molecular formula is C55H73BN6O11S. The number of carbonyl (C=O) groups is 3. The van der Waals surface area contributed by atoms with Gasteiger partial charge in [-0.05, 0) is 82.0 Å². The number of carbonyl (C=O) groups excluding carboxylic acids is 3. The highest BCUT2D eigenvalue weighted by atomic mass is 32.2. The lowest BCUT2D eigenvalue weighted by molar-refractivity contribution is -0.132. The number of nitrogens with zero attached hydrogens (tertiary/aromatic N) is 6. The lowest BCUT2D eigenvalue weighted by Gasteiger charge is -2.33. The molecule has 4 aliphatic heterocycles. The molecule has 17 nitrogen and oxygen atoms in total. The van der Waals surface area contributed by atoms with Crippen molar-refractivity contribution in [3.05, 3.63) is 88.0 Å². The molecule has 398 valence electrons. The second-order valence-electron chi connectivity index (χ2n) is 19.3. The number of likely N-dealkylation sites (N-methyl/N-ethyl adjacent to an activating group) is 1. The number of fused-ring (bicyclic) bond motifs is 4. The molecule has 0 aliphatic carbocycles. The quantitative estimate of drug-likeness (QED) is 0.0435. The van der Waals surface area contributed by atoms with E-state index in [1.54, 1.807) is 57.2 Å². The van der Waals surface area contributed by atoms with Crippen LogP contribution in [0, 0.1) is 0 Å². The molecule has 0 aromatic heterocycles. The highest BCUT2D eigenvalue weighted by Gasteiger charge is 2.36. The van der Waals surface area contributed by atoms with Crippen molar-refractivity contribution >= 4 is 66.0 Å². The fraction of sp³-hybridized carbons (Fsp3) is 0.509. The molecule has 2 atom stereocenters. The second-order valence-corrected chi connectivity index (χ2v) is 20.8. The Bertz CT molecular complexity index is 2450. The summed E-state index contributed by atoms with van der Waals surface area (Å²) in [6.45, 7) is 14.3. The fourth-order valence-corrected chi connectivity index (χ4v) is 9.48. The predicted octanol–water partition coefficient (Wildman–Crippen LogP) is 7.03. The maximum absolute atomic E-state index is 13.8. The average Bonchev–Trinajstić information content (AvgIpc) is 3.98. The predicted molar refractivity (Wildman–Crippen MR) is 293 cm³/mol. The van der Waals surface area contributed by atoms with Crippen LogP contribution in [0.5, 0.6) is 23.0 Å². The third kappa shape index (κ3) is 14.3. The second kappa shape index (κ2) is 26.6. The molecule has 74 heavy (non-hydrogen) atoms. The van der Waals surface area contributed by atoms with E-state index < -0.39 is 0 Å². The van der Waals surface area contributed by atoms with Crippen molar-refractivity contribution in [1.82, 2.24) is 14.7 Å². The van der Waals surface area contributed by atoms with Crippen LogP contribution in [0.1, 0.15) is 78.8 Å². The Labute approximate surface area is 441 Å². The van der Waals surface area contributed by atoms with E-state index in [0.29, 0.717) is 118 Å². The molecule has 4 heterocycles. The Morgan fingerprint density at radius 1 is 0.703 bits per heavy atom. The molecule has 0 bridgehead atoms. The number of rotatable bonds is 27. The number of hydrogen-bond donors (Lipinski definition) is 0. The number of benzene rings is 3. The molecular weight excluding hydrogens is 964 g/mol. The zero-order valence-corrected chi connectivity index (χ0v) is 45.4. The zero-order valence-electron chi connectivity index (χ0n) is 44.6. The maximum Gasteiger partial charge on any atom is 0.257 e. The smallest absolute Gasteiger partial charge is 0.257 e. The van der Waals surface area contributed by atoms with E-state index in [9.17, 15) is 14.4 Å². The van der Waals surface area contributed by atoms with Crippen LogP contribution >= 0.6 is 11.6 Å². The van der Waals surface area contributed by atoms with Gasteiger partial charge in [-0.2, -0.15) is 0 Å². The van der Waals surface area contributed by atoms with Gasteiger partial charge in [0.2, 0.25) is 5.91 Å². The van der Waals surface area contributed by atoms with Crippen molar-refractivity contribution in [3.63, 3.8) is 0 Å².